The second-order valence-corrected chi connectivity index (χ2v) is 11.0. The number of hydrogen-bond donors (Lipinski definition) is 1. The number of hydrogen-bond acceptors (Lipinski definition) is 7. The number of carbonyl (C=O) groups is 2. The third-order valence-corrected chi connectivity index (χ3v) is 8.73. The van der Waals surface area contributed by atoms with E-state index < -0.39 is 0 Å². The number of carbonyl (C=O) groups excluding carboxylic acids is 2. The van der Waals surface area contributed by atoms with E-state index in [0.717, 1.165) is 42.3 Å². The summed E-state index contributed by atoms with van der Waals surface area (Å²) in [5.41, 5.74) is 1.62. The van der Waals surface area contributed by atoms with Gasteiger partial charge in [0.1, 0.15) is 5.69 Å². The molecule has 0 aliphatic carbocycles. The van der Waals surface area contributed by atoms with Crippen LogP contribution in [0.5, 0.6) is 11.5 Å². The van der Waals surface area contributed by atoms with Gasteiger partial charge in [-0.05, 0) is 62.3 Å². The van der Waals surface area contributed by atoms with Crippen molar-refractivity contribution in [2.45, 2.75) is 44.2 Å². The lowest BCUT2D eigenvalue weighted by atomic mass is 9.94. The SMILES string of the molecule is COc1ccc2cc1OCCCCN(C(=O)c1cn3ccsc3n1)CC(=O)NC[C@H]1C[C@H]2N2CCC[C@@H]12. The largest absolute Gasteiger partial charge is 0.493 e. The number of fused-ring (bicyclic) bond motifs is 9. The van der Waals surface area contributed by atoms with Crippen LogP contribution in [-0.4, -0.2) is 76.9 Å². The topological polar surface area (TPSA) is 88.4 Å². The van der Waals surface area contributed by atoms with Crippen molar-refractivity contribution in [1.82, 2.24) is 24.5 Å². The molecule has 10 heteroatoms. The number of ether oxygens (including phenoxy) is 2. The summed E-state index contributed by atoms with van der Waals surface area (Å²) in [6.07, 6.45) is 8.40. The summed E-state index contributed by atoms with van der Waals surface area (Å²) >= 11 is 1.48. The smallest absolute Gasteiger partial charge is 0.274 e. The van der Waals surface area contributed by atoms with Gasteiger partial charge in [0.25, 0.3) is 5.91 Å². The number of methoxy groups -OCH3 is 1. The first-order chi connectivity index (χ1) is 18.1. The molecule has 2 aromatic heterocycles. The molecule has 2 fully saturated rings. The third-order valence-electron chi connectivity index (χ3n) is 7.96. The molecule has 3 aliphatic rings. The molecule has 3 atom stereocenters. The number of thiazole rings is 1. The van der Waals surface area contributed by atoms with E-state index in [9.17, 15) is 9.59 Å². The van der Waals surface area contributed by atoms with Crippen LogP contribution in [-0.2, 0) is 4.79 Å². The van der Waals surface area contributed by atoms with E-state index in [1.165, 1.54) is 23.3 Å². The highest BCUT2D eigenvalue weighted by Gasteiger charge is 2.44. The minimum absolute atomic E-state index is 0.0300. The number of benzene rings is 1. The lowest BCUT2D eigenvalue weighted by Gasteiger charge is -2.25. The number of aromatic nitrogens is 2. The van der Waals surface area contributed by atoms with E-state index in [4.69, 9.17) is 9.47 Å². The maximum Gasteiger partial charge on any atom is 0.274 e. The van der Waals surface area contributed by atoms with Crippen molar-refractivity contribution >= 4 is 28.1 Å². The molecular formula is C27H33N5O4S. The van der Waals surface area contributed by atoms with E-state index >= 15 is 0 Å². The second kappa shape index (κ2) is 10.3. The molecule has 6 rings (SSSR count). The summed E-state index contributed by atoms with van der Waals surface area (Å²) in [7, 11) is 1.67. The highest BCUT2D eigenvalue weighted by molar-refractivity contribution is 7.15. The molecule has 9 nitrogen and oxygen atoms in total. The zero-order chi connectivity index (χ0) is 25.4. The fourth-order valence-electron chi connectivity index (χ4n) is 6.15. The molecular weight excluding hydrogens is 490 g/mol. The first kappa shape index (κ1) is 24.2. The molecule has 5 heterocycles. The predicted molar refractivity (Wildman–Crippen MR) is 140 cm³/mol. The molecule has 3 aliphatic heterocycles. The maximum atomic E-state index is 13.4. The molecule has 2 saturated heterocycles. The van der Waals surface area contributed by atoms with Gasteiger partial charge < -0.3 is 19.7 Å². The molecule has 0 spiro atoms. The first-order valence-corrected chi connectivity index (χ1v) is 14.0. The van der Waals surface area contributed by atoms with Crippen LogP contribution >= 0.6 is 11.3 Å². The summed E-state index contributed by atoms with van der Waals surface area (Å²) in [6.45, 7) is 2.70. The van der Waals surface area contributed by atoms with Gasteiger partial charge in [0, 0.05) is 42.9 Å². The highest BCUT2D eigenvalue weighted by Crippen LogP contribution is 2.46. The molecule has 4 bridgehead atoms. The van der Waals surface area contributed by atoms with Gasteiger partial charge in [0.15, 0.2) is 16.5 Å². The minimum Gasteiger partial charge on any atom is -0.493 e. The summed E-state index contributed by atoms with van der Waals surface area (Å²) < 4.78 is 13.6. The van der Waals surface area contributed by atoms with Crippen molar-refractivity contribution in [3.8, 4) is 11.5 Å². The van der Waals surface area contributed by atoms with Crippen LogP contribution < -0.4 is 14.8 Å². The Balaban J connectivity index is 1.24. The predicted octanol–water partition coefficient (Wildman–Crippen LogP) is 3.36. The molecule has 1 N–H and O–H groups in total. The van der Waals surface area contributed by atoms with Crippen LogP contribution in [0.15, 0.2) is 36.0 Å². The highest BCUT2D eigenvalue weighted by atomic mass is 32.1. The Hall–Kier alpha value is -3.11. The molecule has 3 aromatic rings. The number of rotatable bonds is 2. The Morgan fingerprint density at radius 1 is 1.24 bits per heavy atom. The Morgan fingerprint density at radius 2 is 2.16 bits per heavy atom. The quantitative estimate of drug-likeness (QED) is 0.554. The second-order valence-electron chi connectivity index (χ2n) is 10.2. The standard InChI is InChI=1S/C27H33N5O4S/c1-35-23-7-6-18-14-24(23)36-11-3-2-8-30(26(34)20-16-31-10-12-37-27(31)29-20)17-25(33)28-15-19-13-22(18)32-9-4-5-21(19)32/h6-7,10,12,14,16,19,21-22H,2-5,8-9,11,13,15,17H2,1H3,(H,28,33)/t19-,21+,22-/m1/s1. The summed E-state index contributed by atoms with van der Waals surface area (Å²) in [4.78, 5) is 35.8. The maximum absolute atomic E-state index is 13.4. The van der Waals surface area contributed by atoms with Gasteiger partial charge >= 0.3 is 0 Å². The van der Waals surface area contributed by atoms with Crippen LogP contribution in [0.3, 0.4) is 0 Å². The Kier molecular flexibility index (Phi) is 6.77. The van der Waals surface area contributed by atoms with E-state index in [-0.39, 0.29) is 18.4 Å². The Labute approximate surface area is 220 Å². The van der Waals surface area contributed by atoms with Crippen LogP contribution in [0.25, 0.3) is 4.96 Å². The average Bonchev–Trinajstić information content (AvgIpc) is 3.67. The van der Waals surface area contributed by atoms with Gasteiger partial charge in [0.2, 0.25) is 5.91 Å². The number of amides is 2. The number of nitrogens with one attached hydrogen (secondary N) is 1. The summed E-state index contributed by atoms with van der Waals surface area (Å²) in [6, 6.07) is 7.06. The summed E-state index contributed by atoms with van der Waals surface area (Å²) in [5.74, 6) is 1.55. The normalized spacial score (nSPS) is 25.1. The molecule has 37 heavy (non-hydrogen) atoms. The van der Waals surface area contributed by atoms with E-state index in [2.05, 4.69) is 27.3 Å². The minimum atomic E-state index is -0.217. The van der Waals surface area contributed by atoms with E-state index in [0.29, 0.717) is 49.8 Å². The Bertz CT molecular complexity index is 1260. The van der Waals surface area contributed by atoms with Crippen LogP contribution in [0.1, 0.15) is 54.2 Å². The molecule has 1 aromatic carbocycles. The zero-order valence-corrected chi connectivity index (χ0v) is 21.9. The fourth-order valence-corrected chi connectivity index (χ4v) is 6.85. The summed E-state index contributed by atoms with van der Waals surface area (Å²) in [5, 5.41) is 5.09. The molecule has 196 valence electrons. The van der Waals surface area contributed by atoms with Gasteiger partial charge in [-0.1, -0.05) is 6.07 Å². The van der Waals surface area contributed by atoms with Crippen molar-refractivity contribution in [2.75, 3.05) is 39.9 Å². The third kappa shape index (κ3) is 4.80. The van der Waals surface area contributed by atoms with Crippen molar-refractivity contribution in [2.24, 2.45) is 5.92 Å². The van der Waals surface area contributed by atoms with Crippen molar-refractivity contribution < 1.29 is 19.1 Å². The van der Waals surface area contributed by atoms with Gasteiger partial charge in [0.05, 0.1) is 20.3 Å². The van der Waals surface area contributed by atoms with Crippen LogP contribution in [0, 0.1) is 5.92 Å². The van der Waals surface area contributed by atoms with Gasteiger partial charge in [-0.15, -0.1) is 11.3 Å². The van der Waals surface area contributed by atoms with Crippen LogP contribution in [0.4, 0.5) is 0 Å². The monoisotopic (exact) mass is 523 g/mol. The van der Waals surface area contributed by atoms with Gasteiger partial charge in [-0.3, -0.25) is 18.9 Å². The van der Waals surface area contributed by atoms with Crippen LogP contribution in [0.2, 0.25) is 0 Å². The number of imidazole rings is 1. The average molecular weight is 524 g/mol. The fraction of sp³-hybridized carbons (Fsp3) is 0.519. The molecule has 0 radical (unpaired) electrons. The lowest BCUT2D eigenvalue weighted by molar-refractivity contribution is -0.122. The zero-order valence-electron chi connectivity index (χ0n) is 21.1. The van der Waals surface area contributed by atoms with Gasteiger partial charge in [-0.25, -0.2) is 4.98 Å². The lowest BCUT2D eigenvalue weighted by Crippen LogP contribution is -2.43. The molecule has 0 unspecified atom stereocenters. The van der Waals surface area contributed by atoms with Crippen molar-refractivity contribution in [1.29, 1.82) is 0 Å². The first-order valence-electron chi connectivity index (χ1n) is 13.2. The molecule has 2 amide bonds. The number of nitrogens with zero attached hydrogens (tertiary/aromatic N) is 4. The van der Waals surface area contributed by atoms with Crippen molar-refractivity contribution in [3.05, 3.63) is 47.2 Å². The van der Waals surface area contributed by atoms with Crippen molar-refractivity contribution in [3.63, 3.8) is 0 Å². The molecule has 0 saturated carbocycles. The van der Waals surface area contributed by atoms with E-state index in [1.54, 1.807) is 18.2 Å². The van der Waals surface area contributed by atoms with E-state index in [1.807, 2.05) is 22.0 Å². The Morgan fingerprint density at radius 3 is 3.03 bits per heavy atom. The van der Waals surface area contributed by atoms with Gasteiger partial charge in [-0.2, -0.15) is 0 Å².